The zero-order valence-corrected chi connectivity index (χ0v) is 12.4. The molecule has 0 aromatic heterocycles. The molecule has 1 aromatic rings. The Balaban J connectivity index is 2.20. The fourth-order valence-corrected chi connectivity index (χ4v) is 2.04. The van der Waals surface area contributed by atoms with Crippen molar-refractivity contribution in [1.29, 1.82) is 0 Å². The first-order valence-electron chi connectivity index (χ1n) is 6.77. The molecule has 2 N–H and O–H groups in total. The van der Waals surface area contributed by atoms with Crippen molar-refractivity contribution >= 4 is 11.6 Å². The van der Waals surface area contributed by atoms with Gasteiger partial charge in [0.2, 0.25) is 0 Å². The molecular weight excluding hydrogens is 262 g/mol. The van der Waals surface area contributed by atoms with Crippen LogP contribution in [0, 0.1) is 5.92 Å². The number of halogens is 1. The highest BCUT2D eigenvalue weighted by Crippen LogP contribution is 2.15. The van der Waals surface area contributed by atoms with Crippen molar-refractivity contribution in [2.24, 2.45) is 11.7 Å². The van der Waals surface area contributed by atoms with E-state index in [0.717, 1.165) is 44.1 Å². The number of ether oxygens (including phenoxy) is 2. The fourth-order valence-electron chi connectivity index (χ4n) is 1.91. The molecule has 0 amide bonds. The lowest BCUT2D eigenvalue weighted by atomic mass is 9.97. The molecule has 0 radical (unpaired) electrons. The molecule has 0 spiro atoms. The largest absolute Gasteiger partial charge is 0.385 e. The second-order valence-corrected chi connectivity index (χ2v) is 5.12. The molecule has 4 heteroatoms. The molecule has 0 saturated carbocycles. The van der Waals surface area contributed by atoms with Gasteiger partial charge in [0.25, 0.3) is 0 Å². The fraction of sp³-hybridized carbons (Fsp3) is 0.600. The van der Waals surface area contributed by atoms with Crippen LogP contribution >= 0.6 is 11.6 Å². The molecule has 1 unspecified atom stereocenters. The van der Waals surface area contributed by atoms with Gasteiger partial charge in [-0.25, -0.2) is 0 Å². The summed E-state index contributed by atoms with van der Waals surface area (Å²) in [4.78, 5) is 0. The lowest BCUT2D eigenvalue weighted by molar-refractivity contribution is 0.0942. The quantitative estimate of drug-likeness (QED) is 0.672. The molecule has 19 heavy (non-hydrogen) atoms. The monoisotopic (exact) mass is 285 g/mol. The highest BCUT2D eigenvalue weighted by Gasteiger charge is 2.08. The van der Waals surface area contributed by atoms with Crippen molar-refractivity contribution in [3.05, 3.63) is 34.9 Å². The van der Waals surface area contributed by atoms with Crippen LogP contribution in [0.2, 0.25) is 5.02 Å². The van der Waals surface area contributed by atoms with E-state index in [9.17, 15) is 0 Å². The summed E-state index contributed by atoms with van der Waals surface area (Å²) in [6, 6.07) is 7.96. The smallest absolute Gasteiger partial charge is 0.0487 e. The molecular formula is C15H24ClNO2. The van der Waals surface area contributed by atoms with Crippen LogP contribution in [0.15, 0.2) is 24.3 Å². The van der Waals surface area contributed by atoms with Crippen molar-refractivity contribution in [1.82, 2.24) is 0 Å². The maximum Gasteiger partial charge on any atom is 0.0487 e. The number of nitrogens with two attached hydrogens (primary N) is 1. The molecule has 0 fully saturated rings. The Kier molecular flexibility index (Phi) is 8.84. The van der Waals surface area contributed by atoms with Crippen LogP contribution in [0.5, 0.6) is 0 Å². The van der Waals surface area contributed by atoms with E-state index in [-0.39, 0.29) is 0 Å². The van der Waals surface area contributed by atoms with Gasteiger partial charge in [-0.3, -0.25) is 0 Å². The van der Waals surface area contributed by atoms with Gasteiger partial charge in [-0.1, -0.05) is 23.7 Å². The first-order chi connectivity index (χ1) is 9.26. The molecule has 0 aliphatic heterocycles. The van der Waals surface area contributed by atoms with E-state index < -0.39 is 0 Å². The Morgan fingerprint density at radius 1 is 1.16 bits per heavy atom. The van der Waals surface area contributed by atoms with E-state index in [1.807, 2.05) is 12.1 Å². The number of hydrogen-bond acceptors (Lipinski definition) is 3. The molecule has 0 aliphatic carbocycles. The molecule has 1 rings (SSSR count). The van der Waals surface area contributed by atoms with E-state index in [1.165, 1.54) is 5.56 Å². The maximum absolute atomic E-state index is 5.87. The Labute approximate surface area is 121 Å². The SMILES string of the molecule is COCCCOCCC(CN)Cc1ccc(Cl)cc1. The van der Waals surface area contributed by atoms with Crippen LogP contribution in [-0.4, -0.2) is 33.5 Å². The van der Waals surface area contributed by atoms with Gasteiger partial charge in [0.15, 0.2) is 0 Å². The second kappa shape index (κ2) is 10.2. The number of methoxy groups -OCH3 is 1. The third kappa shape index (κ3) is 7.53. The Morgan fingerprint density at radius 2 is 1.89 bits per heavy atom. The van der Waals surface area contributed by atoms with Gasteiger partial charge in [0.1, 0.15) is 0 Å². The van der Waals surface area contributed by atoms with Crippen molar-refractivity contribution in [2.75, 3.05) is 33.5 Å². The van der Waals surface area contributed by atoms with Crippen LogP contribution < -0.4 is 5.73 Å². The van der Waals surface area contributed by atoms with Crippen molar-refractivity contribution in [2.45, 2.75) is 19.3 Å². The van der Waals surface area contributed by atoms with Crippen molar-refractivity contribution in [3.63, 3.8) is 0 Å². The van der Waals surface area contributed by atoms with E-state index in [4.69, 9.17) is 26.8 Å². The van der Waals surface area contributed by atoms with Crippen molar-refractivity contribution in [3.8, 4) is 0 Å². The highest BCUT2D eigenvalue weighted by atomic mass is 35.5. The summed E-state index contributed by atoms with van der Waals surface area (Å²) < 4.78 is 10.5. The van der Waals surface area contributed by atoms with Crippen molar-refractivity contribution < 1.29 is 9.47 Å². The summed E-state index contributed by atoms with van der Waals surface area (Å²) in [5.41, 5.74) is 7.09. The normalized spacial score (nSPS) is 12.6. The average molecular weight is 286 g/mol. The number of benzene rings is 1. The summed E-state index contributed by atoms with van der Waals surface area (Å²) in [5.74, 6) is 0.462. The molecule has 0 aliphatic rings. The molecule has 3 nitrogen and oxygen atoms in total. The highest BCUT2D eigenvalue weighted by molar-refractivity contribution is 6.30. The predicted octanol–water partition coefficient (Wildman–Crippen LogP) is 2.90. The molecule has 0 saturated heterocycles. The predicted molar refractivity (Wildman–Crippen MR) is 79.6 cm³/mol. The summed E-state index contributed by atoms with van der Waals surface area (Å²) in [7, 11) is 1.70. The van der Waals surface area contributed by atoms with Gasteiger partial charge in [-0.15, -0.1) is 0 Å². The lowest BCUT2D eigenvalue weighted by Crippen LogP contribution is -2.19. The molecule has 108 valence electrons. The Hall–Kier alpha value is -0.610. The Bertz CT molecular complexity index is 329. The molecule has 1 aromatic carbocycles. The topological polar surface area (TPSA) is 44.5 Å². The van der Waals surface area contributed by atoms with Gasteiger partial charge in [-0.05, 0) is 49.4 Å². The first-order valence-corrected chi connectivity index (χ1v) is 7.15. The lowest BCUT2D eigenvalue weighted by Gasteiger charge is -2.15. The standard InChI is InChI=1S/C15H24ClNO2/c1-18-8-2-9-19-10-7-14(12-17)11-13-3-5-15(16)6-4-13/h3-6,14H,2,7-12,17H2,1H3. The van der Waals surface area contributed by atoms with Crippen LogP contribution in [0.3, 0.4) is 0 Å². The van der Waals surface area contributed by atoms with Gasteiger partial charge in [-0.2, -0.15) is 0 Å². The second-order valence-electron chi connectivity index (χ2n) is 4.68. The van der Waals surface area contributed by atoms with Crippen LogP contribution in [-0.2, 0) is 15.9 Å². The Morgan fingerprint density at radius 3 is 2.53 bits per heavy atom. The van der Waals surface area contributed by atoms with Crippen LogP contribution in [0.25, 0.3) is 0 Å². The minimum Gasteiger partial charge on any atom is -0.385 e. The zero-order chi connectivity index (χ0) is 13.9. The summed E-state index contributed by atoms with van der Waals surface area (Å²) in [6.45, 7) is 2.96. The van der Waals surface area contributed by atoms with E-state index >= 15 is 0 Å². The maximum atomic E-state index is 5.87. The minimum atomic E-state index is 0.462. The number of rotatable bonds is 10. The van der Waals surface area contributed by atoms with E-state index in [1.54, 1.807) is 7.11 Å². The molecule has 1 atom stereocenters. The number of hydrogen-bond donors (Lipinski definition) is 1. The summed E-state index contributed by atoms with van der Waals surface area (Å²) >= 11 is 5.87. The first kappa shape index (κ1) is 16.4. The summed E-state index contributed by atoms with van der Waals surface area (Å²) in [6.07, 6.45) is 2.92. The third-order valence-electron chi connectivity index (χ3n) is 3.08. The molecule has 0 bridgehead atoms. The van der Waals surface area contributed by atoms with Gasteiger partial charge < -0.3 is 15.2 Å². The minimum absolute atomic E-state index is 0.462. The zero-order valence-electron chi connectivity index (χ0n) is 11.6. The van der Waals surface area contributed by atoms with E-state index in [0.29, 0.717) is 12.5 Å². The van der Waals surface area contributed by atoms with Gasteiger partial charge in [0.05, 0.1) is 0 Å². The third-order valence-corrected chi connectivity index (χ3v) is 3.33. The summed E-state index contributed by atoms with van der Waals surface area (Å²) in [5, 5.41) is 0.773. The average Bonchev–Trinajstić information content (AvgIpc) is 2.43. The van der Waals surface area contributed by atoms with Gasteiger partial charge >= 0.3 is 0 Å². The van der Waals surface area contributed by atoms with E-state index in [2.05, 4.69) is 12.1 Å². The molecule has 0 heterocycles. The van der Waals surface area contributed by atoms with Crippen LogP contribution in [0.1, 0.15) is 18.4 Å². The van der Waals surface area contributed by atoms with Gasteiger partial charge in [0, 0.05) is 32.0 Å². The van der Waals surface area contributed by atoms with Crippen LogP contribution in [0.4, 0.5) is 0 Å².